The normalized spacial score (nSPS) is 12.5. The van der Waals surface area contributed by atoms with Crippen molar-refractivity contribution in [2.45, 2.75) is 32.8 Å². The highest BCUT2D eigenvalue weighted by molar-refractivity contribution is 5.29. The van der Waals surface area contributed by atoms with Gasteiger partial charge in [-0.2, -0.15) is 0 Å². The Bertz CT molecular complexity index is 269. The summed E-state index contributed by atoms with van der Waals surface area (Å²) >= 11 is 0. The second kappa shape index (κ2) is 5.66. The summed E-state index contributed by atoms with van der Waals surface area (Å²) in [6.45, 7) is 4.64. The SMILES string of the molecule is CCCCOc1cccc([C@H](C)O)c1. The van der Waals surface area contributed by atoms with Crippen LogP contribution in [0.25, 0.3) is 0 Å². The molecule has 1 atom stereocenters. The van der Waals surface area contributed by atoms with E-state index in [9.17, 15) is 5.11 Å². The van der Waals surface area contributed by atoms with Crippen LogP contribution in [0.15, 0.2) is 24.3 Å². The maximum Gasteiger partial charge on any atom is 0.119 e. The Kier molecular flexibility index (Phi) is 4.47. The van der Waals surface area contributed by atoms with E-state index in [-0.39, 0.29) is 0 Å². The molecular formula is C12H18O2. The van der Waals surface area contributed by atoms with Gasteiger partial charge in [0, 0.05) is 0 Å². The van der Waals surface area contributed by atoms with E-state index in [1.807, 2.05) is 24.3 Å². The summed E-state index contributed by atoms with van der Waals surface area (Å²) in [6, 6.07) is 7.61. The quantitative estimate of drug-likeness (QED) is 0.730. The van der Waals surface area contributed by atoms with Gasteiger partial charge < -0.3 is 9.84 Å². The molecule has 0 aliphatic heterocycles. The van der Waals surface area contributed by atoms with Gasteiger partial charge in [-0.25, -0.2) is 0 Å². The van der Waals surface area contributed by atoms with Crippen molar-refractivity contribution in [2.75, 3.05) is 6.61 Å². The Morgan fingerprint density at radius 3 is 2.86 bits per heavy atom. The minimum Gasteiger partial charge on any atom is -0.494 e. The maximum atomic E-state index is 9.36. The van der Waals surface area contributed by atoms with Gasteiger partial charge in [-0.1, -0.05) is 25.5 Å². The van der Waals surface area contributed by atoms with Crippen molar-refractivity contribution in [3.8, 4) is 5.75 Å². The average Bonchev–Trinajstić information content (AvgIpc) is 2.19. The average molecular weight is 194 g/mol. The van der Waals surface area contributed by atoms with Crippen LogP contribution < -0.4 is 4.74 Å². The van der Waals surface area contributed by atoms with Crippen molar-refractivity contribution in [3.05, 3.63) is 29.8 Å². The van der Waals surface area contributed by atoms with Crippen molar-refractivity contribution in [1.82, 2.24) is 0 Å². The minimum atomic E-state index is -0.426. The van der Waals surface area contributed by atoms with Crippen molar-refractivity contribution in [3.63, 3.8) is 0 Å². The van der Waals surface area contributed by atoms with Gasteiger partial charge in [0.05, 0.1) is 12.7 Å². The number of unbranched alkanes of at least 4 members (excludes halogenated alkanes) is 1. The molecule has 2 nitrogen and oxygen atoms in total. The molecule has 0 radical (unpaired) electrons. The fourth-order valence-corrected chi connectivity index (χ4v) is 1.20. The molecule has 0 heterocycles. The number of ether oxygens (including phenoxy) is 1. The van der Waals surface area contributed by atoms with Gasteiger partial charge in [-0.3, -0.25) is 0 Å². The molecule has 1 N–H and O–H groups in total. The van der Waals surface area contributed by atoms with Crippen LogP contribution >= 0.6 is 0 Å². The molecule has 0 unspecified atom stereocenters. The molecule has 0 aliphatic rings. The van der Waals surface area contributed by atoms with Gasteiger partial charge in [-0.15, -0.1) is 0 Å². The van der Waals surface area contributed by atoms with Gasteiger partial charge in [0.2, 0.25) is 0 Å². The monoisotopic (exact) mass is 194 g/mol. The van der Waals surface area contributed by atoms with Crippen molar-refractivity contribution in [2.24, 2.45) is 0 Å². The fourth-order valence-electron chi connectivity index (χ4n) is 1.20. The molecule has 0 fully saturated rings. The highest BCUT2D eigenvalue weighted by atomic mass is 16.5. The molecule has 0 bridgehead atoms. The molecule has 0 aromatic heterocycles. The Labute approximate surface area is 85.5 Å². The first-order valence-corrected chi connectivity index (χ1v) is 5.15. The van der Waals surface area contributed by atoms with Gasteiger partial charge >= 0.3 is 0 Å². The fraction of sp³-hybridized carbons (Fsp3) is 0.500. The summed E-state index contributed by atoms with van der Waals surface area (Å²) in [5.74, 6) is 0.844. The lowest BCUT2D eigenvalue weighted by Gasteiger charge is -2.08. The molecule has 0 spiro atoms. The largest absolute Gasteiger partial charge is 0.494 e. The Hall–Kier alpha value is -1.02. The third-order valence-corrected chi connectivity index (χ3v) is 2.11. The van der Waals surface area contributed by atoms with E-state index < -0.39 is 6.10 Å². The number of hydrogen-bond donors (Lipinski definition) is 1. The Morgan fingerprint density at radius 1 is 1.43 bits per heavy atom. The summed E-state index contributed by atoms with van der Waals surface area (Å²) in [5.41, 5.74) is 0.902. The zero-order chi connectivity index (χ0) is 10.4. The lowest BCUT2D eigenvalue weighted by molar-refractivity contribution is 0.198. The van der Waals surface area contributed by atoms with E-state index in [0.29, 0.717) is 0 Å². The van der Waals surface area contributed by atoms with Gasteiger partial charge in [0.15, 0.2) is 0 Å². The maximum absolute atomic E-state index is 9.36. The van der Waals surface area contributed by atoms with E-state index in [1.54, 1.807) is 6.92 Å². The molecule has 2 heteroatoms. The number of aliphatic hydroxyl groups is 1. The summed E-state index contributed by atoms with van der Waals surface area (Å²) in [4.78, 5) is 0. The van der Waals surface area contributed by atoms with Crippen LogP contribution in [-0.4, -0.2) is 11.7 Å². The van der Waals surface area contributed by atoms with Crippen LogP contribution in [0.4, 0.5) is 0 Å². The molecule has 0 saturated carbocycles. The van der Waals surface area contributed by atoms with E-state index in [0.717, 1.165) is 30.8 Å². The predicted octanol–water partition coefficient (Wildman–Crippen LogP) is 2.92. The van der Waals surface area contributed by atoms with Crippen LogP contribution in [-0.2, 0) is 0 Å². The van der Waals surface area contributed by atoms with E-state index in [1.165, 1.54) is 0 Å². The predicted molar refractivity (Wildman–Crippen MR) is 57.5 cm³/mol. The number of benzene rings is 1. The molecule has 1 aromatic rings. The zero-order valence-corrected chi connectivity index (χ0v) is 8.86. The Morgan fingerprint density at radius 2 is 2.21 bits per heavy atom. The molecule has 0 saturated heterocycles. The summed E-state index contributed by atoms with van der Waals surface area (Å²) in [6.07, 6.45) is 1.78. The number of hydrogen-bond acceptors (Lipinski definition) is 2. The van der Waals surface area contributed by atoms with Crippen LogP contribution in [0, 0.1) is 0 Å². The lowest BCUT2D eigenvalue weighted by atomic mass is 10.1. The molecule has 78 valence electrons. The van der Waals surface area contributed by atoms with Crippen LogP contribution in [0.1, 0.15) is 38.4 Å². The molecule has 1 aromatic carbocycles. The summed E-state index contributed by atoms with van der Waals surface area (Å²) < 4.78 is 5.53. The highest BCUT2D eigenvalue weighted by Crippen LogP contribution is 2.18. The van der Waals surface area contributed by atoms with E-state index >= 15 is 0 Å². The number of aliphatic hydroxyl groups excluding tert-OH is 1. The topological polar surface area (TPSA) is 29.5 Å². The molecule has 0 amide bonds. The molecule has 1 rings (SSSR count). The third-order valence-electron chi connectivity index (χ3n) is 2.11. The Balaban J connectivity index is 2.55. The van der Waals surface area contributed by atoms with Crippen molar-refractivity contribution >= 4 is 0 Å². The first-order chi connectivity index (χ1) is 6.74. The van der Waals surface area contributed by atoms with Crippen molar-refractivity contribution in [1.29, 1.82) is 0 Å². The molecule has 0 aliphatic carbocycles. The van der Waals surface area contributed by atoms with E-state index in [4.69, 9.17) is 4.74 Å². The molecular weight excluding hydrogens is 176 g/mol. The highest BCUT2D eigenvalue weighted by Gasteiger charge is 2.01. The third kappa shape index (κ3) is 3.38. The van der Waals surface area contributed by atoms with Gasteiger partial charge in [0.1, 0.15) is 5.75 Å². The van der Waals surface area contributed by atoms with Gasteiger partial charge in [0.25, 0.3) is 0 Å². The zero-order valence-electron chi connectivity index (χ0n) is 8.86. The first kappa shape index (κ1) is 11.1. The summed E-state index contributed by atoms with van der Waals surface area (Å²) in [7, 11) is 0. The van der Waals surface area contributed by atoms with Gasteiger partial charge in [-0.05, 0) is 31.0 Å². The molecule has 14 heavy (non-hydrogen) atoms. The van der Waals surface area contributed by atoms with Crippen LogP contribution in [0.3, 0.4) is 0 Å². The van der Waals surface area contributed by atoms with Crippen LogP contribution in [0.2, 0.25) is 0 Å². The first-order valence-electron chi connectivity index (χ1n) is 5.15. The summed E-state index contributed by atoms with van der Waals surface area (Å²) in [5, 5.41) is 9.36. The van der Waals surface area contributed by atoms with Crippen LogP contribution in [0.5, 0.6) is 5.75 Å². The minimum absolute atomic E-state index is 0.426. The second-order valence-corrected chi connectivity index (χ2v) is 3.45. The second-order valence-electron chi connectivity index (χ2n) is 3.45. The lowest BCUT2D eigenvalue weighted by Crippen LogP contribution is -1.98. The van der Waals surface area contributed by atoms with E-state index in [2.05, 4.69) is 6.92 Å². The van der Waals surface area contributed by atoms with Crippen molar-refractivity contribution < 1.29 is 9.84 Å². The number of rotatable bonds is 5. The standard InChI is InChI=1S/C12H18O2/c1-3-4-8-14-12-7-5-6-11(9-12)10(2)13/h5-7,9-10,13H,3-4,8H2,1-2H3/t10-/m0/s1. The smallest absolute Gasteiger partial charge is 0.119 e.